The molecule has 0 radical (unpaired) electrons. The van der Waals surface area contributed by atoms with Gasteiger partial charge in [0, 0.05) is 6.04 Å². The van der Waals surface area contributed by atoms with Gasteiger partial charge >= 0.3 is 0 Å². The van der Waals surface area contributed by atoms with Gasteiger partial charge in [0.15, 0.2) is 0 Å². The van der Waals surface area contributed by atoms with Crippen LogP contribution in [0.2, 0.25) is 0 Å². The lowest BCUT2D eigenvalue weighted by Crippen LogP contribution is -2.22. The maximum atomic E-state index is 5.39. The van der Waals surface area contributed by atoms with E-state index in [0.29, 0.717) is 6.04 Å². The molecular formula is C15H19NO. The van der Waals surface area contributed by atoms with Crippen molar-refractivity contribution >= 4 is 0 Å². The second-order valence-corrected chi connectivity index (χ2v) is 4.54. The largest absolute Gasteiger partial charge is 0.468 e. The van der Waals surface area contributed by atoms with Gasteiger partial charge in [-0.15, -0.1) is 0 Å². The molecule has 90 valence electrons. The zero-order chi connectivity index (χ0) is 12.3. The van der Waals surface area contributed by atoms with Crippen LogP contribution in [0.1, 0.15) is 42.8 Å². The molecular weight excluding hydrogens is 210 g/mol. The van der Waals surface area contributed by atoms with Crippen LogP contribution in [-0.4, -0.2) is 0 Å². The number of nitrogens with one attached hydrogen (secondary N) is 1. The normalized spacial score (nSPS) is 14.5. The molecule has 0 aliphatic carbocycles. The van der Waals surface area contributed by atoms with E-state index in [-0.39, 0.29) is 6.04 Å². The Kier molecular flexibility index (Phi) is 3.64. The van der Waals surface area contributed by atoms with Gasteiger partial charge in [-0.2, -0.15) is 0 Å². The third kappa shape index (κ3) is 2.98. The van der Waals surface area contributed by atoms with Crippen LogP contribution in [0.3, 0.4) is 0 Å². The zero-order valence-corrected chi connectivity index (χ0v) is 10.6. The van der Waals surface area contributed by atoms with Gasteiger partial charge in [0.05, 0.1) is 12.3 Å². The van der Waals surface area contributed by atoms with Gasteiger partial charge in [0.25, 0.3) is 0 Å². The molecule has 0 saturated heterocycles. The Labute approximate surface area is 103 Å². The number of aryl methyl sites for hydroxylation is 1. The van der Waals surface area contributed by atoms with E-state index in [9.17, 15) is 0 Å². The smallest absolute Gasteiger partial charge is 0.120 e. The van der Waals surface area contributed by atoms with E-state index in [0.717, 1.165) is 5.76 Å². The Morgan fingerprint density at radius 3 is 2.29 bits per heavy atom. The summed E-state index contributed by atoms with van der Waals surface area (Å²) in [5.41, 5.74) is 2.59. The van der Waals surface area contributed by atoms with Crippen LogP contribution in [-0.2, 0) is 0 Å². The molecule has 0 bridgehead atoms. The van der Waals surface area contributed by atoms with Gasteiger partial charge in [0.2, 0.25) is 0 Å². The fourth-order valence-electron chi connectivity index (χ4n) is 1.95. The van der Waals surface area contributed by atoms with Crippen molar-refractivity contribution in [3.63, 3.8) is 0 Å². The van der Waals surface area contributed by atoms with E-state index in [1.54, 1.807) is 6.26 Å². The molecule has 1 heterocycles. The average molecular weight is 229 g/mol. The van der Waals surface area contributed by atoms with Crippen LogP contribution >= 0.6 is 0 Å². The number of hydrogen-bond acceptors (Lipinski definition) is 2. The molecule has 0 fully saturated rings. The van der Waals surface area contributed by atoms with E-state index in [2.05, 4.69) is 50.4 Å². The van der Waals surface area contributed by atoms with Crippen LogP contribution in [0.25, 0.3) is 0 Å². The first-order chi connectivity index (χ1) is 8.16. The topological polar surface area (TPSA) is 25.2 Å². The lowest BCUT2D eigenvalue weighted by molar-refractivity contribution is 0.403. The Bertz CT molecular complexity index is 444. The average Bonchev–Trinajstić information content (AvgIpc) is 2.83. The highest BCUT2D eigenvalue weighted by Crippen LogP contribution is 2.19. The molecule has 1 unspecified atom stereocenters. The molecule has 1 aromatic heterocycles. The molecule has 1 N–H and O–H groups in total. The molecule has 2 heteroatoms. The maximum Gasteiger partial charge on any atom is 0.120 e. The van der Waals surface area contributed by atoms with Crippen molar-refractivity contribution in [3.8, 4) is 0 Å². The molecule has 2 atom stereocenters. The minimum absolute atomic E-state index is 0.223. The van der Waals surface area contributed by atoms with Crippen LogP contribution in [0.15, 0.2) is 47.1 Å². The summed E-state index contributed by atoms with van der Waals surface area (Å²) in [4.78, 5) is 0. The van der Waals surface area contributed by atoms with Crippen molar-refractivity contribution in [2.24, 2.45) is 0 Å². The summed E-state index contributed by atoms with van der Waals surface area (Å²) < 4.78 is 5.39. The molecule has 1 aromatic carbocycles. The lowest BCUT2D eigenvalue weighted by Gasteiger charge is -2.19. The van der Waals surface area contributed by atoms with Crippen molar-refractivity contribution in [2.45, 2.75) is 32.9 Å². The monoisotopic (exact) mass is 229 g/mol. The molecule has 0 saturated carbocycles. The number of rotatable bonds is 4. The quantitative estimate of drug-likeness (QED) is 0.857. The van der Waals surface area contributed by atoms with Gasteiger partial charge in [-0.05, 0) is 38.5 Å². The molecule has 0 aliphatic heterocycles. The summed E-state index contributed by atoms with van der Waals surface area (Å²) in [7, 11) is 0. The standard InChI is InChI=1S/C15H19NO/c1-11-6-8-14(9-7-11)12(2)16-13(3)15-5-4-10-17-15/h4-10,12-13,16H,1-3H3/t12?,13-/m0/s1. The highest BCUT2D eigenvalue weighted by molar-refractivity contribution is 5.24. The predicted molar refractivity (Wildman–Crippen MR) is 69.9 cm³/mol. The maximum absolute atomic E-state index is 5.39. The fraction of sp³-hybridized carbons (Fsp3) is 0.333. The summed E-state index contributed by atoms with van der Waals surface area (Å²) in [6.07, 6.45) is 1.71. The molecule has 0 spiro atoms. The zero-order valence-electron chi connectivity index (χ0n) is 10.6. The first-order valence-electron chi connectivity index (χ1n) is 6.03. The predicted octanol–water partition coefficient (Wildman–Crippen LogP) is 4.00. The highest BCUT2D eigenvalue weighted by Gasteiger charge is 2.12. The summed E-state index contributed by atoms with van der Waals surface area (Å²) in [6.45, 7) is 6.39. The summed E-state index contributed by atoms with van der Waals surface area (Å²) in [6, 6.07) is 13.1. The van der Waals surface area contributed by atoms with Crippen molar-refractivity contribution in [1.82, 2.24) is 5.32 Å². The van der Waals surface area contributed by atoms with Crippen molar-refractivity contribution in [2.75, 3.05) is 0 Å². The SMILES string of the molecule is Cc1ccc(C(C)N[C@@H](C)c2ccco2)cc1. The third-order valence-electron chi connectivity index (χ3n) is 3.05. The number of hydrogen-bond donors (Lipinski definition) is 1. The number of benzene rings is 1. The Morgan fingerprint density at radius 1 is 1.00 bits per heavy atom. The molecule has 0 aliphatic rings. The first-order valence-corrected chi connectivity index (χ1v) is 6.03. The van der Waals surface area contributed by atoms with Crippen molar-refractivity contribution in [1.29, 1.82) is 0 Å². The van der Waals surface area contributed by atoms with E-state index in [4.69, 9.17) is 4.42 Å². The summed E-state index contributed by atoms with van der Waals surface area (Å²) >= 11 is 0. The van der Waals surface area contributed by atoms with Gasteiger partial charge in [0.1, 0.15) is 5.76 Å². The first kappa shape index (κ1) is 11.9. The van der Waals surface area contributed by atoms with E-state index < -0.39 is 0 Å². The van der Waals surface area contributed by atoms with Gasteiger partial charge in [-0.1, -0.05) is 29.8 Å². The number of furan rings is 1. The van der Waals surface area contributed by atoms with E-state index >= 15 is 0 Å². The molecule has 17 heavy (non-hydrogen) atoms. The minimum Gasteiger partial charge on any atom is -0.468 e. The molecule has 2 aromatic rings. The Balaban J connectivity index is 2.01. The van der Waals surface area contributed by atoms with Crippen molar-refractivity contribution < 1.29 is 4.42 Å². The minimum atomic E-state index is 0.223. The summed E-state index contributed by atoms with van der Waals surface area (Å²) in [5, 5.41) is 3.52. The molecule has 0 amide bonds. The molecule has 2 rings (SSSR count). The van der Waals surface area contributed by atoms with E-state index in [1.165, 1.54) is 11.1 Å². The van der Waals surface area contributed by atoms with Gasteiger partial charge in [-0.25, -0.2) is 0 Å². The second kappa shape index (κ2) is 5.19. The lowest BCUT2D eigenvalue weighted by atomic mass is 10.1. The van der Waals surface area contributed by atoms with Crippen LogP contribution in [0, 0.1) is 6.92 Å². The van der Waals surface area contributed by atoms with E-state index in [1.807, 2.05) is 12.1 Å². The van der Waals surface area contributed by atoms with Crippen LogP contribution < -0.4 is 5.32 Å². The summed E-state index contributed by atoms with van der Waals surface area (Å²) in [5.74, 6) is 0.976. The Morgan fingerprint density at radius 2 is 1.71 bits per heavy atom. The van der Waals surface area contributed by atoms with Gasteiger partial charge < -0.3 is 9.73 Å². The van der Waals surface area contributed by atoms with Crippen LogP contribution in [0.5, 0.6) is 0 Å². The van der Waals surface area contributed by atoms with Crippen molar-refractivity contribution in [3.05, 3.63) is 59.5 Å². The highest BCUT2D eigenvalue weighted by atomic mass is 16.3. The van der Waals surface area contributed by atoms with Crippen LogP contribution in [0.4, 0.5) is 0 Å². The second-order valence-electron chi connectivity index (χ2n) is 4.54. The Hall–Kier alpha value is -1.54. The molecule has 2 nitrogen and oxygen atoms in total. The third-order valence-corrected chi connectivity index (χ3v) is 3.05. The fourth-order valence-corrected chi connectivity index (χ4v) is 1.95. The van der Waals surface area contributed by atoms with Gasteiger partial charge in [-0.3, -0.25) is 0 Å².